The summed E-state index contributed by atoms with van der Waals surface area (Å²) >= 11 is 0. The number of aromatic nitrogens is 3. The van der Waals surface area contributed by atoms with Gasteiger partial charge in [0.05, 0.1) is 17.8 Å². The molecule has 2 aromatic rings. The van der Waals surface area contributed by atoms with Crippen LogP contribution in [0.5, 0.6) is 0 Å². The van der Waals surface area contributed by atoms with Crippen LogP contribution in [0.4, 0.5) is 0 Å². The van der Waals surface area contributed by atoms with Gasteiger partial charge in [0.1, 0.15) is 23.3 Å². The largest absolute Gasteiger partial charge is 0.360 e. The highest BCUT2D eigenvalue weighted by Gasteiger charge is 2.45. The van der Waals surface area contributed by atoms with Gasteiger partial charge in [-0.3, -0.25) is 14.5 Å². The molecule has 32 heavy (non-hydrogen) atoms. The van der Waals surface area contributed by atoms with Crippen LogP contribution in [0.15, 0.2) is 23.1 Å². The van der Waals surface area contributed by atoms with Crippen LogP contribution in [0.25, 0.3) is 11.4 Å². The molecule has 2 amide bonds. The Morgan fingerprint density at radius 3 is 2.78 bits per heavy atom. The number of nitrogens with zero attached hydrogens (tertiary/aromatic N) is 6. The third-order valence-corrected chi connectivity index (χ3v) is 7.31. The molecule has 170 valence electrons. The van der Waals surface area contributed by atoms with E-state index in [9.17, 15) is 9.59 Å². The molecule has 3 atom stereocenters. The number of fused-ring (bicyclic) bond motifs is 1. The van der Waals surface area contributed by atoms with Crippen molar-refractivity contribution in [2.24, 2.45) is 5.92 Å². The molecule has 9 heteroatoms. The number of hydrogen-bond donors (Lipinski definition) is 0. The van der Waals surface area contributed by atoms with Crippen molar-refractivity contribution in [3.63, 3.8) is 0 Å². The number of amides is 2. The topological polar surface area (TPSA) is 95.7 Å². The molecule has 0 spiro atoms. The van der Waals surface area contributed by atoms with E-state index in [-0.39, 0.29) is 23.9 Å². The number of carbonyl (C=O) groups excluding carboxylic acids is 2. The first-order valence-electron chi connectivity index (χ1n) is 11.6. The number of hydrogen-bond acceptors (Lipinski definition) is 7. The fourth-order valence-electron chi connectivity index (χ4n) is 5.59. The number of carbonyl (C=O) groups is 2. The average molecular weight is 439 g/mol. The predicted octanol–water partition coefficient (Wildman–Crippen LogP) is 1.99. The molecule has 0 N–H and O–H groups in total. The minimum Gasteiger partial charge on any atom is -0.360 e. The minimum absolute atomic E-state index is 0.0306. The van der Waals surface area contributed by atoms with E-state index in [1.165, 1.54) is 6.33 Å². The van der Waals surface area contributed by atoms with Crippen LogP contribution in [0.2, 0.25) is 0 Å². The zero-order valence-electron chi connectivity index (χ0n) is 18.7. The van der Waals surface area contributed by atoms with Crippen molar-refractivity contribution in [2.75, 3.05) is 33.2 Å². The Bertz CT molecular complexity index is 993. The van der Waals surface area contributed by atoms with Crippen LogP contribution in [-0.4, -0.2) is 86.9 Å². The fourth-order valence-corrected chi connectivity index (χ4v) is 5.59. The van der Waals surface area contributed by atoms with E-state index in [2.05, 4.69) is 32.0 Å². The van der Waals surface area contributed by atoms with Gasteiger partial charge < -0.3 is 14.3 Å². The number of likely N-dealkylation sites (tertiary alicyclic amines) is 3. The first-order valence-corrected chi connectivity index (χ1v) is 11.6. The summed E-state index contributed by atoms with van der Waals surface area (Å²) in [4.78, 5) is 41.3. The van der Waals surface area contributed by atoms with Gasteiger partial charge in [-0.1, -0.05) is 11.6 Å². The molecule has 0 unspecified atom stereocenters. The normalized spacial score (nSPS) is 26.2. The lowest BCUT2D eigenvalue weighted by Gasteiger charge is -2.41. The Kier molecular flexibility index (Phi) is 5.67. The van der Waals surface area contributed by atoms with E-state index in [0.29, 0.717) is 41.7 Å². The number of rotatable bonds is 3. The summed E-state index contributed by atoms with van der Waals surface area (Å²) < 4.78 is 5.37. The van der Waals surface area contributed by atoms with Crippen molar-refractivity contribution < 1.29 is 14.1 Å². The van der Waals surface area contributed by atoms with Crippen LogP contribution >= 0.6 is 0 Å². The lowest BCUT2D eigenvalue weighted by molar-refractivity contribution is -0.142. The molecular formula is C23H30N6O3. The van der Waals surface area contributed by atoms with Crippen LogP contribution in [0, 0.1) is 12.8 Å². The van der Waals surface area contributed by atoms with Gasteiger partial charge in [-0.15, -0.1) is 0 Å². The molecule has 3 fully saturated rings. The third kappa shape index (κ3) is 3.68. The van der Waals surface area contributed by atoms with Gasteiger partial charge in [0.2, 0.25) is 5.91 Å². The summed E-state index contributed by atoms with van der Waals surface area (Å²) in [7, 11) is 2.05. The monoisotopic (exact) mass is 438 g/mol. The zero-order chi connectivity index (χ0) is 22.2. The van der Waals surface area contributed by atoms with E-state index in [4.69, 9.17) is 4.52 Å². The Hall–Kier alpha value is -2.81. The molecule has 3 aliphatic rings. The number of aryl methyl sites for hydroxylation is 1. The van der Waals surface area contributed by atoms with Crippen molar-refractivity contribution in [1.82, 2.24) is 29.8 Å². The summed E-state index contributed by atoms with van der Waals surface area (Å²) in [6.45, 7) is 4.72. The second-order valence-corrected chi connectivity index (χ2v) is 9.26. The van der Waals surface area contributed by atoms with E-state index >= 15 is 0 Å². The second-order valence-electron chi connectivity index (χ2n) is 9.26. The Morgan fingerprint density at radius 2 is 2.00 bits per heavy atom. The van der Waals surface area contributed by atoms with E-state index < -0.39 is 0 Å². The van der Waals surface area contributed by atoms with E-state index in [1.807, 2.05) is 4.90 Å². The molecule has 3 aliphatic heterocycles. The van der Waals surface area contributed by atoms with Crippen LogP contribution in [-0.2, 0) is 4.79 Å². The van der Waals surface area contributed by atoms with Crippen molar-refractivity contribution >= 4 is 11.8 Å². The molecule has 9 nitrogen and oxygen atoms in total. The van der Waals surface area contributed by atoms with Crippen molar-refractivity contribution in [1.29, 1.82) is 0 Å². The molecule has 0 aromatic carbocycles. The lowest BCUT2D eigenvalue weighted by Crippen LogP contribution is -2.56. The summed E-state index contributed by atoms with van der Waals surface area (Å²) in [5.74, 6) is 0.927. The Balaban J connectivity index is 1.36. The van der Waals surface area contributed by atoms with Gasteiger partial charge in [-0.05, 0) is 58.2 Å². The van der Waals surface area contributed by atoms with Crippen molar-refractivity contribution in [3.8, 4) is 11.4 Å². The molecule has 0 saturated carbocycles. The molecule has 0 radical (unpaired) electrons. The smallest absolute Gasteiger partial charge is 0.259 e. The lowest BCUT2D eigenvalue weighted by atomic mass is 9.90. The van der Waals surface area contributed by atoms with Crippen molar-refractivity contribution in [3.05, 3.63) is 29.9 Å². The molecule has 3 saturated heterocycles. The standard InChI is InChI=1S/C23H30N6O3/c1-15-20(21(26-32-15)17-8-9-24-14-25-17)23(31)28-12-16-6-5-11-29(19(16)13-28)22(30)18-7-3-4-10-27(18)2/h8-9,14,16,18-19H,3-7,10-13H2,1-2H3/t16-,18-,19+/m1/s1. The average Bonchev–Trinajstić information content (AvgIpc) is 3.42. The maximum Gasteiger partial charge on any atom is 0.259 e. The quantitative estimate of drug-likeness (QED) is 0.723. The molecule has 2 aromatic heterocycles. The van der Waals surface area contributed by atoms with Crippen LogP contribution in [0.1, 0.15) is 48.2 Å². The molecular weight excluding hydrogens is 408 g/mol. The summed E-state index contributed by atoms with van der Waals surface area (Å²) in [5, 5.41) is 4.10. The number of piperidine rings is 2. The van der Waals surface area contributed by atoms with Gasteiger partial charge >= 0.3 is 0 Å². The number of likely N-dealkylation sites (N-methyl/N-ethyl adjacent to an activating group) is 1. The molecule has 5 heterocycles. The Labute approximate surface area is 187 Å². The highest BCUT2D eigenvalue weighted by atomic mass is 16.5. The first kappa shape index (κ1) is 21.1. The third-order valence-electron chi connectivity index (χ3n) is 7.31. The minimum atomic E-state index is -0.103. The van der Waals surface area contributed by atoms with E-state index in [1.54, 1.807) is 19.2 Å². The van der Waals surface area contributed by atoms with Gasteiger partial charge in [0.25, 0.3) is 5.91 Å². The van der Waals surface area contributed by atoms with Crippen molar-refractivity contribution in [2.45, 2.75) is 51.1 Å². The summed E-state index contributed by atoms with van der Waals surface area (Å²) in [6.07, 6.45) is 8.27. The van der Waals surface area contributed by atoms with Gasteiger partial charge in [-0.25, -0.2) is 9.97 Å². The summed E-state index contributed by atoms with van der Waals surface area (Å²) in [5.41, 5.74) is 1.46. The Morgan fingerprint density at radius 1 is 1.12 bits per heavy atom. The maximum atomic E-state index is 13.6. The summed E-state index contributed by atoms with van der Waals surface area (Å²) in [6, 6.07) is 1.77. The van der Waals surface area contributed by atoms with Gasteiger partial charge in [-0.2, -0.15) is 0 Å². The second kappa shape index (κ2) is 8.61. The SMILES string of the molecule is Cc1onc(-c2ccncn2)c1C(=O)N1C[C@H]2CCCN(C(=O)[C@H]3CCCCN3C)[C@H]2C1. The predicted molar refractivity (Wildman–Crippen MR) is 117 cm³/mol. The van der Waals surface area contributed by atoms with Crippen LogP contribution in [0.3, 0.4) is 0 Å². The van der Waals surface area contributed by atoms with Gasteiger partial charge in [0, 0.05) is 25.8 Å². The maximum absolute atomic E-state index is 13.6. The molecule has 0 bridgehead atoms. The highest BCUT2D eigenvalue weighted by molar-refractivity contribution is 6.00. The zero-order valence-corrected chi connectivity index (χ0v) is 18.7. The highest BCUT2D eigenvalue weighted by Crippen LogP contribution is 2.34. The van der Waals surface area contributed by atoms with Crippen LogP contribution < -0.4 is 0 Å². The fraction of sp³-hybridized carbons (Fsp3) is 0.609. The molecule has 0 aliphatic carbocycles. The first-order chi connectivity index (χ1) is 15.5. The van der Waals surface area contributed by atoms with Gasteiger partial charge in [0.15, 0.2) is 0 Å². The van der Waals surface area contributed by atoms with E-state index in [0.717, 1.165) is 45.2 Å². The molecule has 5 rings (SSSR count).